The Morgan fingerprint density at radius 2 is 2.00 bits per heavy atom. The summed E-state index contributed by atoms with van der Waals surface area (Å²) in [6, 6.07) is 8.79. The first kappa shape index (κ1) is 15.5. The predicted molar refractivity (Wildman–Crippen MR) is 101 cm³/mol. The molecule has 1 aromatic carbocycles. The summed E-state index contributed by atoms with van der Waals surface area (Å²) < 4.78 is 0. The van der Waals surface area contributed by atoms with E-state index >= 15 is 0 Å². The maximum atomic E-state index is 13.4. The molecule has 0 saturated carbocycles. The SMILES string of the molecule is CC1(C)CC(=O)C2=C(Cc3ncsc3[C@]23CCCc2ccccc23)C1. The van der Waals surface area contributed by atoms with Crippen molar-refractivity contribution in [1.29, 1.82) is 0 Å². The number of nitrogens with zero attached hydrogens (tertiary/aromatic N) is 1. The molecule has 0 fully saturated rings. The molecule has 25 heavy (non-hydrogen) atoms. The second kappa shape index (κ2) is 5.14. The molecule has 0 radical (unpaired) electrons. The number of hydrogen-bond acceptors (Lipinski definition) is 3. The Hall–Kier alpha value is -1.74. The van der Waals surface area contributed by atoms with E-state index in [2.05, 4.69) is 38.1 Å². The van der Waals surface area contributed by atoms with Crippen LogP contribution in [0.5, 0.6) is 0 Å². The first-order valence-electron chi connectivity index (χ1n) is 9.28. The van der Waals surface area contributed by atoms with E-state index in [1.807, 2.05) is 5.51 Å². The van der Waals surface area contributed by atoms with Crippen LogP contribution in [0, 0.1) is 5.41 Å². The largest absolute Gasteiger partial charge is 0.294 e. The van der Waals surface area contributed by atoms with Crippen molar-refractivity contribution < 1.29 is 4.79 Å². The van der Waals surface area contributed by atoms with Gasteiger partial charge in [0.1, 0.15) is 0 Å². The van der Waals surface area contributed by atoms with Gasteiger partial charge < -0.3 is 0 Å². The van der Waals surface area contributed by atoms with E-state index in [0.29, 0.717) is 12.2 Å². The molecule has 1 heterocycles. The smallest absolute Gasteiger partial charge is 0.160 e. The molecular weight excluding hydrogens is 326 g/mol. The number of aromatic nitrogens is 1. The third kappa shape index (κ3) is 2.08. The topological polar surface area (TPSA) is 30.0 Å². The molecule has 0 N–H and O–H groups in total. The highest BCUT2D eigenvalue weighted by atomic mass is 32.1. The number of allylic oxidation sites excluding steroid dienone is 2. The Bertz CT molecular complexity index is 920. The van der Waals surface area contributed by atoms with Crippen molar-refractivity contribution in [2.45, 2.75) is 57.8 Å². The molecule has 3 aliphatic carbocycles. The molecule has 0 aliphatic heterocycles. The molecule has 2 aromatic rings. The van der Waals surface area contributed by atoms with Crippen molar-refractivity contribution in [3.8, 4) is 0 Å². The molecule has 2 nitrogen and oxygen atoms in total. The van der Waals surface area contributed by atoms with Crippen LogP contribution in [0.3, 0.4) is 0 Å². The fourth-order valence-corrected chi connectivity index (χ4v) is 6.59. The molecule has 1 atom stereocenters. The van der Waals surface area contributed by atoms with E-state index in [1.54, 1.807) is 11.3 Å². The van der Waals surface area contributed by atoms with Crippen LogP contribution in [0.25, 0.3) is 0 Å². The van der Waals surface area contributed by atoms with Gasteiger partial charge in [-0.25, -0.2) is 4.98 Å². The molecule has 0 unspecified atom stereocenters. The third-order valence-electron chi connectivity index (χ3n) is 6.27. The van der Waals surface area contributed by atoms with Gasteiger partial charge in [-0.1, -0.05) is 43.7 Å². The summed E-state index contributed by atoms with van der Waals surface area (Å²) in [5.41, 5.74) is 8.31. The van der Waals surface area contributed by atoms with Gasteiger partial charge in [-0.15, -0.1) is 11.3 Å². The van der Waals surface area contributed by atoms with Gasteiger partial charge in [-0.2, -0.15) is 0 Å². The summed E-state index contributed by atoms with van der Waals surface area (Å²) in [5.74, 6) is 0.377. The number of rotatable bonds is 0. The number of hydrogen-bond donors (Lipinski definition) is 0. The van der Waals surface area contributed by atoms with Crippen LogP contribution in [0.2, 0.25) is 0 Å². The molecule has 0 saturated heterocycles. The molecule has 0 amide bonds. The van der Waals surface area contributed by atoms with E-state index < -0.39 is 0 Å². The lowest BCUT2D eigenvalue weighted by Crippen LogP contribution is -2.44. The number of carbonyl (C=O) groups excluding carboxylic acids is 1. The fourth-order valence-electron chi connectivity index (χ4n) is 5.53. The average Bonchev–Trinajstić information content (AvgIpc) is 3.02. The molecule has 1 spiro atoms. The van der Waals surface area contributed by atoms with E-state index in [1.165, 1.54) is 27.3 Å². The quantitative estimate of drug-likeness (QED) is 0.669. The van der Waals surface area contributed by atoms with Crippen LogP contribution in [-0.4, -0.2) is 10.8 Å². The molecule has 1 aromatic heterocycles. The molecular formula is C22H23NOS. The Labute approximate surface area is 153 Å². The van der Waals surface area contributed by atoms with E-state index in [-0.39, 0.29) is 10.8 Å². The van der Waals surface area contributed by atoms with Crippen molar-refractivity contribution in [3.63, 3.8) is 0 Å². The summed E-state index contributed by atoms with van der Waals surface area (Å²) in [5, 5.41) is 0. The first-order valence-corrected chi connectivity index (χ1v) is 10.2. The highest BCUT2D eigenvalue weighted by Gasteiger charge is 2.52. The van der Waals surface area contributed by atoms with Gasteiger partial charge in [0.05, 0.1) is 16.6 Å². The molecule has 3 heteroatoms. The number of Topliss-reactive ketones (excluding diaryl/α,β-unsaturated/α-hetero) is 1. The van der Waals surface area contributed by atoms with E-state index in [9.17, 15) is 4.79 Å². The van der Waals surface area contributed by atoms with Crippen LogP contribution in [0.4, 0.5) is 0 Å². The maximum absolute atomic E-state index is 13.4. The lowest BCUT2D eigenvalue weighted by molar-refractivity contribution is -0.118. The van der Waals surface area contributed by atoms with Crippen molar-refractivity contribution in [3.05, 3.63) is 62.6 Å². The lowest BCUT2D eigenvalue weighted by atomic mass is 9.56. The zero-order valence-electron chi connectivity index (χ0n) is 14.9. The Balaban J connectivity index is 1.84. The summed E-state index contributed by atoms with van der Waals surface area (Å²) in [6.07, 6.45) is 5.87. The predicted octanol–water partition coefficient (Wildman–Crippen LogP) is 5.01. The van der Waals surface area contributed by atoms with Crippen molar-refractivity contribution >= 4 is 17.1 Å². The van der Waals surface area contributed by atoms with Gasteiger partial charge in [0.2, 0.25) is 0 Å². The zero-order valence-corrected chi connectivity index (χ0v) is 15.7. The number of aryl methyl sites for hydroxylation is 1. The lowest BCUT2D eigenvalue weighted by Gasteiger charge is -2.47. The number of ketones is 1. The minimum atomic E-state index is -0.230. The van der Waals surface area contributed by atoms with Gasteiger partial charge in [0.25, 0.3) is 0 Å². The van der Waals surface area contributed by atoms with Gasteiger partial charge in [-0.05, 0) is 42.2 Å². The van der Waals surface area contributed by atoms with E-state index in [0.717, 1.165) is 37.7 Å². The Morgan fingerprint density at radius 1 is 1.16 bits per heavy atom. The molecule has 5 rings (SSSR count). The van der Waals surface area contributed by atoms with Gasteiger partial charge in [0, 0.05) is 23.3 Å². The highest BCUT2D eigenvalue weighted by molar-refractivity contribution is 7.10. The highest BCUT2D eigenvalue weighted by Crippen LogP contribution is 2.57. The number of thiazole rings is 1. The van der Waals surface area contributed by atoms with Crippen molar-refractivity contribution in [1.82, 2.24) is 4.98 Å². The molecule has 3 aliphatic rings. The minimum absolute atomic E-state index is 0.0683. The molecule has 0 bridgehead atoms. The van der Waals surface area contributed by atoms with Crippen molar-refractivity contribution in [2.75, 3.05) is 0 Å². The van der Waals surface area contributed by atoms with Crippen LogP contribution in [0.15, 0.2) is 40.9 Å². The third-order valence-corrected chi connectivity index (χ3v) is 7.31. The summed E-state index contributed by atoms with van der Waals surface area (Å²) in [4.78, 5) is 19.4. The van der Waals surface area contributed by atoms with Gasteiger partial charge in [-0.3, -0.25) is 4.79 Å². The van der Waals surface area contributed by atoms with E-state index in [4.69, 9.17) is 4.98 Å². The first-order chi connectivity index (χ1) is 12.0. The molecule has 128 valence electrons. The summed E-state index contributed by atoms with van der Waals surface area (Å²) in [6.45, 7) is 4.46. The second-order valence-corrected chi connectivity index (χ2v) is 9.50. The number of benzene rings is 1. The Kier molecular flexibility index (Phi) is 3.19. The normalized spacial score (nSPS) is 27.0. The second-order valence-electron chi connectivity index (χ2n) is 8.64. The van der Waals surface area contributed by atoms with Gasteiger partial charge >= 0.3 is 0 Å². The monoisotopic (exact) mass is 349 g/mol. The zero-order chi connectivity index (χ0) is 17.2. The van der Waals surface area contributed by atoms with Crippen LogP contribution in [-0.2, 0) is 23.1 Å². The maximum Gasteiger partial charge on any atom is 0.160 e. The average molecular weight is 349 g/mol. The summed E-state index contributed by atoms with van der Waals surface area (Å²) in [7, 11) is 0. The number of carbonyl (C=O) groups is 1. The van der Waals surface area contributed by atoms with Crippen LogP contribution < -0.4 is 0 Å². The number of fused-ring (bicyclic) bond motifs is 5. The standard InChI is InChI=1S/C22H23NOS/c1-21(2)11-15-10-17-20(25-13-23-17)22(19(15)18(24)12-21)9-5-7-14-6-3-4-8-16(14)22/h3-4,6,8,13H,5,7,9-12H2,1-2H3/t22-/m0/s1. The Morgan fingerprint density at radius 3 is 2.88 bits per heavy atom. The fraction of sp³-hybridized carbons (Fsp3) is 0.455. The van der Waals surface area contributed by atoms with Gasteiger partial charge in [0.15, 0.2) is 5.78 Å². The van der Waals surface area contributed by atoms with Crippen LogP contribution >= 0.6 is 11.3 Å². The van der Waals surface area contributed by atoms with Crippen LogP contribution in [0.1, 0.15) is 61.2 Å². The minimum Gasteiger partial charge on any atom is -0.294 e. The summed E-state index contributed by atoms with van der Waals surface area (Å²) >= 11 is 1.75. The van der Waals surface area contributed by atoms with Crippen molar-refractivity contribution in [2.24, 2.45) is 5.41 Å².